The van der Waals surface area contributed by atoms with Crippen LogP contribution in [0.5, 0.6) is 0 Å². The van der Waals surface area contributed by atoms with Crippen LogP contribution < -0.4 is 5.32 Å². The molecule has 2 aromatic carbocycles. The van der Waals surface area contributed by atoms with E-state index in [0.717, 1.165) is 36.8 Å². The van der Waals surface area contributed by atoms with Crippen LogP contribution in [-0.4, -0.2) is 28.8 Å². The summed E-state index contributed by atoms with van der Waals surface area (Å²) in [6, 6.07) is 15.5. The van der Waals surface area contributed by atoms with Crippen LogP contribution in [0.25, 0.3) is 0 Å². The van der Waals surface area contributed by atoms with Gasteiger partial charge in [-0.1, -0.05) is 79.7 Å². The van der Waals surface area contributed by atoms with E-state index in [2.05, 4.69) is 36.5 Å². The smallest absolute Gasteiger partial charge is 0.243 e. The van der Waals surface area contributed by atoms with Crippen molar-refractivity contribution >= 4 is 23.4 Å². The van der Waals surface area contributed by atoms with Gasteiger partial charge < -0.3 is 10.2 Å². The number of rotatable bonds is 9. The first-order chi connectivity index (χ1) is 15.5. The molecule has 1 aliphatic rings. The Morgan fingerprint density at radius 1 is 1.00 bits per heavy atom. The molecule has 1 saturated carbocycles. The van der Waals surface area contributed by atoms with E-state index in [0.29, 0.717) is 30.8 Å². The third-order valence-electron chi connectivity index (χ3n) is 6.35. The van der Waals surface area contributed by atoms with Gasteiger partial charge in [-0.2, -0.15) is 0 Å². The second-order valence-corrected chi connectivity index (χ2v) is 9.34. The third kappa shape index (κ3) is 7.09. The lowest BCUT2D eigenvalue weighted by molar-refractivity contribution is -0.141. The van der Waals surface area contributed by atoms with Gasteiger partial charge in [0.25, 0.3) is 0 Å². The number of hydrogen-bond acceptors (Lipinski definition) is 2. The molecule has 32 heavy (non-hydrogen) atoms. The van der Waals surface area contributed by atoms with Crippen molar-refractivity contribution in [1.82, 2.24) is 10.2 Å². The van der Waals surface area contributed by atoms with E-state index < -0.39 is 6.04 Å². The van der Waals surface area contributed by atoms with Gasteiger partial charge in [0, 0.05) is 24.0 Å². The van der Waals surface area contributed by atoms with E-state index in [-0.39, 0.29) is 17.9 Å². The first-order valence-electron chi connectivity index (χ1n) is 11.9. The van der Waals surface area contributed by atoms with Crippen LogP contribution in [0.1, 0.15) is 68.6 Å². The molecule has 0 saturated heterocycles. The van der Waals surface area contributed by atoms with Crippen LogP contribution in [-0.2, 0) is 22.6 Å². The molecule has 0 spiro atoms. The highest BCUT2D eigenvalue weighted by Gasteiger charge is 2.30. The van der Waals surface area contributed by atoms with Crippen LogP contribution >= 0.6 is 11.6 Å². The van der Waals surface area contributed by atoms with E-state index in [1.165, 1.54) is 12.0 Å². The number of carbonyl (C=O) groups excluding carboxylic acids is 2. The standard InChI is InChI=1S/C27H35ClN2O2/c1-3-25(27(32)29-24-7-5-4-6-8-24)30(19-22-13-16-23(28)17-14-22)26(31)18-15-21-11-9-20(2)10-12-21/h9-14,16-17,24-25H,3-8,15,18-19H2,1-2H3,(H,29,32)/t25-/m1/s1. The van der Waals surface area contributed by atoms with E-state index in [9.17, 15) is 9.59 Å². The number of carbonyl (C=O) groups is 2. The topological polar surface area (TPSA) is 49.4 Å². The molecule has 1 atom stereocenters. The van der Waals surface area contributed by atoms with Gasteiger partial charge in [-0.3, -0.25) is 9.59 Å². The van der Waals surface area contributed by atoms with E-state index in [1.807, 2.05) is 31.2 Å². The highest BCUT2D eigenvalue weighted by atomic mass is 35.5. The summed E-state index contributed by atoms with van der Waals surface area (Å²) in [6.45, 7) is 4.44. The highest BCUT2D eigenvalue weighted by molar-refractivity contribution is 6.30. The van der Waals surface area contributed by atoms with Crippen molar-refractivity contribution in [2.75, 3.05) is 0 Å². The van der Waals surface area contributed by atoms with Crippen LogP contribution in [0, 0.1) is 6.92 Å². The van der Waals surface area contributed by atoms with Gasteiger partial charge in [0.2, 0.25) is 11.8 Å². The largest absolute Gasteiger partial charge is 0.352 e. The molecule has 0 unspecified atom stereocenters. The van der Waals surface area contributed by atoms with Gasteiger partial charge in [0.15, 0.2) is 0 Å². The molecule has 0 aromatic heterocycles. The minimum atomic E-state index is -0.474. The summed E-state index contributed by atoms with van der Waals surface area (Å²) >= 11 is 6.04. The van der Waals surface area contributed by atoms with Gasteiger partial charge in [-0.15, -0.1) is 0 Å². The summed E-state index contributed by atoms with van der Waals surface area (Å²) in [5.74, 6) is -0.0248. The third-order valence-corrected chi connectivity index (χ3v) is 6.60. The second kappa shape index (κ2) is 12.1. The van der Waals surface area contributed by atoms with Gasteiger partial charge >= 0.3 is 0 Å². The average molecular weight is 455 g/mol. The fourth-order valence-electron chi connectivity index (χ4n) is 4.40. The van der Waals surface area contributed by atoms with E-state index in [4.69, 9.17) is 11.6 Å². The molecular formula is C27H35ClN2O2. The quantitative estimate of drug-likeness (QED) is 0.517. The van der Waals surface area contributed by atoms with Crippen LogP contribution in [0.4, 0.5) is 0 Å². The Morgan fingerprint density at radius 2 is 1.62 bits per heavy atom. The maximum Gasteiger partial charge on any atom is 0.243 e. The lowest BCUT2D eigenvalue weighted by atomic mass is 9.95. The Hall–Kier alpha value is -2.33. The first kappa shape index (κ1) is 24.3. The number of nitrogens with zero attached hydrogens (tertiary/aromatic N) is 1. The predicted molar refractivity (Wildman–Crippen MR) is 131 cm³/mol. The molecule has 172 valence electrons. The second-order valence-electron chi connectivity index (χ2n) is 8.90. The average Bonchev–Trinajstić information content (AvgIpc) is 2.80. The lowest BCUT2D eigenvalue weighted by Crippen LogP contribution is -2.51. The number of aryl methyl sites for hydroxylation is 2. The zero-order valence-corrected chi connectivity index (χ0v) is 20.0. The number of nitrogens with one attached hydrogen (secondary N) is 1. The Labute approximate surface area is 197 Å². The van der Waals surface area contributed by atoms with Gasteiger partial charge in [-0.25, -0.2) is 0 Å². The molecule has 2 amide bonds. The molecule has 0 aliphatic heterocycles. The van der Waals surface area contributed by atoms with Crippen LogP contribution in [0.15, 0.2) is 48.5 Å². The van der Waals surface area contributed by atoms with E-state index in [1.54, 1.807) is 4.90 Å². The molecular weight excluding hydrogens is 420 g/mol. The van der Waals surface area contributed by atoms with Gasteiger partial charge in [0.05, 0.1) is 0 Å². The summed E-state index contributed by atoms with van der Waals surface area (Å²) in [4.78, 5) is 28.3. The van der Waals surface area contributed by atoms with Crippen molar-refractivity contribution < 1.29 is 9.59 Å². The van der Waals surface area contributed by atoms with Gasteiger partial charge in [-0.05, 0) is 55.9 Å². The summed E-state index contributed by atoms with van der Waals surface area (Å²) in [6.07, 6.45) is 7.24. The molecule has 1 fully saturated rings. The minimum absolute atomic E-state index is 0.00571. The molecule has 5 heteroatoms. The van der Waals surface area contributed by atoms with E-state index >= 15 is 0 Å². The molecule has 0 radical (unpaired) electrons. The summed E-state index contributed by atoms with van der Waals surface area (Å²) in [7, 11) is 0. The number of halogens is 1. The maximum atomic E-state index is 13.4. The summed E-state index contributed by atoms with van der Waals surface area (Å²) in [5.41, 5.74) is 3.31. The Balaban J connectivity index is 1.73. The van der Waals surface area contributed by atoms with Crippen molar-refractivity contribution in [3.63, 3.8) is 0 Å². The zero-order valence-electron chi connectivity index (χ0n) is 19.3. The molecule has 3 rings (SSSR count). The molecule has 1 aliphatic carbocycles. The van der Waals surface area contributed by atoms with Crippen molar-refractivity contribution in [1.29, 1.82) is 0 Å². The minimum Gasteiger partial charge on any atom is -0.352 e. The maximum absolute atomic E-state index is 13.4. The number of benzene rings is 2. The summed E-state index contributed by atoms with van der Waals surface area (Å²) < 4.78 is 0. The fraction of sp³-hybridized carbons (Fsp3) is 0.481. The first-order valence-corrected chi connectivity index (χ1v) is 12.2. The van der Waals surface area contributed by atoms with Crippen molar-refractivity contribution in [3.05, 3.63) is 70.2 Å². The lowest BCUT2D eigenvalue weighted by Gasteiger charge is -2.33. The normalized spacial score (nSPS) is 15.2. The Morgan fingerprint density at radius 3 is 2.25 bits per heavy atom. The number of hydrogen-bond donors (Lipinski definition) is 1. The number of amides is 2. The van der Waals surface area contributed by atoms with Crippen LogP contribution in [0.2, 0.25) is 5.02 Å². The molecule has 2 aromatic rings. The molecule has 0 bridgehead atoms. The van der Waals surface area contributed by atoms with Crippen LogP contribution in [0.3, 0.4) is 0 Å². The zero-order chi connectivity index (χ0) is 22.9. The summed E-state index contributed by atoms with van der Waals surface area (Å²) in [5, 5.41) is 3.89. The van der Waals surface area contributed by atoms with Crippen molar-refractivity contribution in [2.24, 2.45) is 0 Å². The van der Waals surface area contributed by atoms with Crippen molar-refractivity contribution in [3.8, 4) is 0 Å². The monoisotopic (exact) mass is 454 g/mol. The molecule has 0 heterocycles. The Kier molecular flexibility index (Phi) is 9.16. The Bertz CT molecular complexity index is 874. The SMILES string of the molecule is CC[C@H](C(=O)NC1CCCCC1)N(Cc1ccc(Cl)cc1)C(=O)CCc1ccc(C)cc1. The van der Waals surface area contributed by atoms with Gasteiger partial charge in [0.1, 0.15) is 6.04 Å². The molecule has 4 nitrogen and oxygen atoms in total. The fourth-order valence-corrected chi connectivity index (χ4v) is 4.53. The predicted octanol–water partition coefficient (Wildman–Crippen LogP) is 5.84. The molecule has 1 N–H and O–H groups in total. The van der Waals surface area contributed by atoms with Crippen molar-refractivity contribution in [2.45, 2.75) is 83.8 Å². The highest BCUT2D eigenvalue weighted by Crippen LogP contribution is 2.20.